The second-order valence-corrected chi connectivity index (χ2v) is 3.85. The summed E-state index contributed by atoms with van der Waals surface area (Å²) in [5.41, 5.74) is 1.30. The highest BCUT2D eigenvalue weighted by Gasteiger charge is 2.02. The molecule has 5 heteroatoms. The molecule has 1 aromatic carbocycles. The largest absolute Gasteiger partial charge is 0.437 e. The molecule has 0 N–H and O–H groups in total. The molecule has 1 aromatic heterocycles. The highest BCUT2D eigenvalue weighted by atomic mass is 16.5. The van der Waals surface area contributed by atoms with Gasteiger partial charge in [0.05, 0.1) is 12.4 Å². The first-order valence-corrected chi connectivity index (χ1v) is 5.36. The van der Waals surface area contributed by atoms with Gasteiger partial charge >= 0.3 is 0 Å². The zero-order chi connectivity index (χ0) is 13.0. The minimum Gasteiger partial charge on any atom is -0.437 e. The summed E-state index contributed by atoms with van der Waals surface area (Å²) >= 11 is 0. The number of anilines is 1. The van der Waals surface area contributed by atoms with Crippen LogP contribution in [0.25, 0.3) is 0 Å². The van der Waals surface area contributed by atoms with Gasteiger partial charge in [-0.3, -0.25) is 0 Å². The fraction of sp³-hybridized carbons (Fsp3) is 0.154. The lowest BCUT2D eigenvalue weighted by molar-refractivity contribution is 0.460. The lowest BCUT2D eigenvalue weighted by Gasteiger charge is -2.13. The predicted octanol–water partition coefficient (Wildman–Crippen LogP) is 2.21. The summed E-state index contributed by atoms with van der Waals surface area (Å²) < 4.78 is 5.56. The van der Waals surface area contributed by atoms with Crippen molar-refractivity contribution in [2.75, 3.05) is 19.0 Å². The normalized spacial score (nSPS) is 9.61. The molecule has 0 fully saturated rings. The number of hydrogen-bond acceptors (Lipinski definition) is 5. The van der Waals surface area contributed by atoms with E-state index in [-0.39, 0.29) is 5.69 Å². The first kappa shape index (κ1) is 11.9. The molecule has 18 heavy (non-hydrogen) atoms. The average molecular weight is 240 g/mol. The molecule has 0 saturated carbocycles. The number of rotatable bonds is 3. The van der Waals surface area contributed by atoms with Crippen LogP contribution in [-0.4, -0.2) is 24.1 Å². The van der Waals surface area contributed by atoms with Crippen LogP contribution in [-0.2, 0) is 0 Å². The van der Waals surface area contributed by atoms with Crippen molar-refractivity contribution in [3.8, 4) is 17.7 Å². The molecule has 0 spiro atoms. The maximum Gasteiger partial charge on any atom is 0.237 e. The van der Waals surface area contributed by atoms with Gasteiger partial charge in [-0.15, -0.1) is 0 Å². The van der Waals surface area contributed by atoms with Crippen molar-refractivity contribution in [3.63, 3.8) is 0 Å². The van der Waals surface area contributed by atoms with Gasteiger partial charge in [-0.2, -0.15) is 5.26 Å². The zero-order valence-corrected chi connectivity index (χ0v) is 10.2. The molecule has 0 unspecified atom stereocenters. The summed E-state index contributed by atoms with van der Waals surface area (Å²) in [5, 5.41) is 8.62. The van der Waals surface area contributed by atoms with Gasteiger partial charge in [0, 0.05) is 25.8 Å². The first-order valence-electron chi connectivity index (χ1n) is 5.36. The van der Waals surface area contributed by atoms with Gasteiger partial charge < -0.3 is 9.64 Å². The second-order valence-electron chi connectivity index (χ2n) is 3.85. The zero-order valence-electron chi connectivity index (χ0n) is 10.2. The van der Waals surface area contributed by atoms with Crippen LogP contribution in [0.4, 0.5) is 5.69 Å². The van der Waals surface area contributed by atoms with E-state index in [9.17, 15) is 0 Å². The van der Waals surface area contributed by atoms with Crippen LogP contribution in [0.2, 0.25) is 0 Å². The standard InChI is InChI=1S/C13H12N4O/c1-17(2)11-4-3-5-12(6-11)18-13-9-15-10(7-14)8-16-13/h3-6,8-9H,1-2H3. The molecule has 90 valence electrons. The maximum absolute atomic E-state index is 8.62. The summed E-state index contributed by atoms with van der Waals surface area (Å²) in [6.07, 6.45) is 2.81. The summed E-state index contributed by atoms with van der Waals surface area (Å²) in [7, 11) is 3.92. The summed E-state index contributed by atoms with van der Waals surface area (Å²) in [6.45, 7) is 0. The monoisotopic (exact) mass is 240 g/mol. The number of nitriles is 1. The molecule has 0 radical (unpaired) electrons. The average Bonchev–Trinajstić information content (AvgIpc) is 2.40. The van der Waals surface area contributed by atoms with E-state index < -0.39 is 0 Å². The second kappa shape index (κ2) is 5.15. The molecule has 2 rings (SSSR count). The van der Waals surface area contributed by atoms with Crippen molar-refractivity contribution < 1.29 is 4.74 Å². The smallest absolute Gasteiger partial charge is 0.237 e. The van der Waals surface area contributed by atoms with Crippen LogP contribution in [0.1, 0.15) is 5.69 Å². The Hall–Kier alpha value is -2.61. The molecule has 0 aliphatic heterocycles. The minimum absolute atomic E-state index is 0.268. The highest BCUT2D eigenvalue weighted by Crippen LogP contribution is 2.23. The Bertz CT molecular complexity index is 572. The molecular weight excluding hydrogens is 228 g/mol. The van der Waals surface area contributed by atoms with Crippen LogP contribution in [0.5, 0.6) is 11.6 Å². The molecular formula is C13H12N4O. The third kappa shape index (κ3) is 2.74. The van der Waals surface area contributed by atoms with Crippen molar-refractivity contribution >= 4 is 5.69 Å². The number of hydrogen-bond donors (Lipinski definition) is 0. The SMILES string of the molecule is CN(C)c1cccc(Oc2cnc(C#N)cn2)c1. The molecule has 2 aromatic rings. The Balaban J connectivity index is 2.18. The van der Waals surface area contributed by atoms with Gasteiger partial charge in [-0.1, -0.05) is 6.07 Å². The van der Waals surface area contributed by atoms with E-state index in [1.54, 1.807) is 0 Å². The number of ether oxygens (including phenoxy) is 1. The van der Waals surface area contributed by atoms with Gasteiger partial charge in [0.15, 0.2) is 5.69 Å². The van der Waals surface area contributed by atoms with E-state index in [2.05, 4.69) is 9.97 Å². The molecule has 0 saturated heterocycles. The van der Waals surface area contributed by atoms with Crippen LogP contribution < -0.4 is 9.64 Å². The Morgan fingerprint density at radius 3 is 2.67 bits per heavy atom. The lowest BCUT2D eigenvalue weighted by Crippen LogP contribution is -2.08. The van der Waals surface area contributed by atoms with Crippen molar-refractivity contribution in [3.05, 3.63) is 42.4 Å². The Labute approximate surface area is 105 Å². The third-order valence-corrected chi connectivity index (χ3v) is 2.30. The lowest BCUT2D eigenvalue weighted by atomic mass is 10.3. The van der Waals surface area contributed by atoms with E-state index in [0.717, 1.165) is 5.69 Å². The summed E-state index contributed by atoms with van der Waals surface area (Å²) in [5.74, 6) is 1.05. The fourth-order valence-corrected chi connectivity index (χ4v) is 1.37. The van der Waals surface area contributed by atoms with E-state index in [0.29, 0.717) is 11.6 Å². The fourth-order valence-electron chi connectivity index (χ4n) is 1.37. The van der Waals surface area contributed by atoms with Crippen LogP contribution >= 0.6 is 0 Å². The van der Waals surface area contributed by atoms with E-state index in [1.807, 2.05) is 49.3 Å². The van der Waals surface area contributed by atoms with E-state index >= 15 is 0 Å². The Kier molecular flexibility index (Phi) is 3.39. The maximum atomic E-state index is 8.62. The van der Waals surface area contributed by atoms with Gasteiger partial charge in [-0.05, 0) is 12.1 Å². The van der Waals surface area contributed by atoms with Crippen LogP contribution in [0.15, 0.2) is 36.7 Å². The van der Waals surface area contributed by atoms with Crippen molar-refractivity contribution in [2.45, 2.75) is 0 Å². The van der Waals surface area contributed by atoms with Gasteiger partial charge in [0.25, 0.3) is 0 Å². The molecule has 0 aliphatic rings. The quantitative estimate of drug-likeness (QED) is 0.823. The summed E-state index contributed by atoms with van der Waals surface area (Å²) in [6, 6.07) is 9.54. The molecule has 0 atom stereocenters. The topological polar surface area (TPSA) is 62.0 Å². The van der Waals surface area contributed by atoms with Crippen molar-refractivity contribution in [1.29, 1.82) is 5.26 Å². The van der Waals surface area contributed by atoms with E-state index in [4.69, 9.17) is 10.00 Å². The van der Waals surface area contributed by atoms with E-state index in [1.165, 1.54) is 12.4 Å². The van der Waals surface area contributed by atoms with Crippen molar-refractivity contribution in [2.24, 2.45) is 0 Å². The molecule has 5 nitrogen and oxygen atoms in total. The van der Waals surface area contributed by atoms with Gasteiger partial charge in [0.1, 0.15) is 11.8 Å². The molecule has 0 aliphatic carbocycles. The predicted molar refractivity (Wildman–Crippen MR) is 67.6 cm³/mol. The number of benzene rings is 1. The first-order chi connectivity index (χ1) is 8.69. The number of aromatic nitrogens is 2. The van der Waals surface area contributed by atoms with Gasteiger partial charge in [-0.25, -0.2) is 9.97 Å². The van der Waals surface area contributed by atoms with Crippen LogP contribution in [0, 0.1) is 11.3 Å². The van der Waals surface area contributed by atoms with Crippen LogP contribution in [0.3, 0.4) is 0 Å². The molecule has 0 amide bonds. The Morgan fingerprint density at radius 2 is 2.06 bits per heavy atom. The molecule has 1 heterocycles. The highest BCUT2D eigenvalue weighted by molar-refractivity contribution is 5.49. The Morgan fingerprint density at radius 1 is 1.22 bits per heavy atom. The minimum atomic E-state index is 0.268. The third-order valence-electron chi connectivity index (χ3n) is 2.30. The number of nitrogens with zero attached hydrogens (tertiary/aromatic N) is 4. The summed E-state index contributed by atoms with van der Waals surface area (Å²) in [4.78, 5) is 9.87. The molecule has 0 bridgehead atoms. The van der Waals surface area contributed by atoms with Gasteiger partial charge in [0.2, 0.25) is 5.88 Å². The van der Waals surface area contributed by atoms with Crippen molar-refractivity contribution in [1.82, 2.24) is 9.97 Å².